The summed E-state index contributed by atoms with van der Waals surface area (Å²) >= 11 is 7.45. The zero-order valence-corrected chi connectivity index (χ0v) is 13.5. The van der Waals surface area contributed by atoms with Crippen LogP contribution in [0.3, 0.4) is 0 Å². The largest absolute Gasteiger partial charge is 0.333 e. The van der Waals surface area contributed by atoms with Crippen LogP contribution in [0.1, 0.15) is 15.9 Å². The van der Waals surface area contributed by atoms with Gasteiger partial charge in [0.05, 0.1) is 5.56 Å². The van der Waals surface area contributed by atoms with E-state index in [2.05, 4.69) is 0 Å². The van der Waals surface area contributed by atoms with Crippen LogP contribution in [-0.2, 0) is 6.54 Å². The highest BCUT2D eigenvalue weighted by Crippen LogP contribution is 2.22. The highest BCUT2D eigenvalue weighted by Gasteiger charge is 2.18. The molecule has 110 valence electrons. The number of halogens is 1. The van der Waals surface area contributed by atoms with Crippen molar-refractivity contribution in [3.05, 3.63) is 65.7 Å². The standard InChI is InChI=1S/C17H18ClNOS/c1-21-16-10-6-5-9-15(16)17(20)19(12-11-18)13-14-7-3-2-4-8-14/h2-10H,11-13H2,1H3. The van der Waals surface area contributed by atoms with Gasteiger partial charge in [0.15, 0.2) is 0 Å². The van der Waals surface area contributed by atoms with E-state index in [-0.39, 0.29) is 5.91 Å². The summed E-state index contributed by atoms with van der Waals surface area (Å²) in [6, 6.07) is 17.7. The van der Waals surface area contributed by atoms with Gasteiger partial charge in [-0.1, -0.05) is 42.5 Å². The molecule has 0 atom stereocenters. The summed E-state index contributed by atoms with van der Waals surface area (Å²) in [6.07, 6.45) is 1.98. The lowest BCUT2D eigenvalue weighted by Crippen LogP contribution is -2.32. The molecule has 2 aromatic carbocycles. The highest BCUT2D eigenvalue weighted by atomic mass is 35.5. The number of nitrogens with zero attached hydrogens (tertiary/aromatic N) is 1. The van der Waals surface area contributed by atoms with E-state index >= 15 is 0 Å². The molecular formula is C17H18ClNOS. The summed E-state index contributed by atoms with van der Waals surface area (Å²) in [4.78, 5) is 15.6. The first-order chi connectivity index (χ1) is 10.3. The first-order valence-corrected chi connectivity index (χ1v) is 8.54. The smallest absolute Gasteiger partial charge is 0.255 e. The van der Waals surface area contributed by atoms with Gasteiger partial charge < -0.3 is 4.90 Å². The van der Waals surface area contributed by atoms with Crippen molar-refractivity contribution in [3.63, 3.8) is 0 Å². The van der Waals surface area contributed by atoms with Gasteiger partial charge >= 0.3 is 0 Å². The normalized spacial score (nSPS) is 10.4. The van der Waals surface area contributed by atoms with Gasteiger partial charge in [0.1, 0.15) is 0 Å². The van der Waals surface area contributed by atoms with Gasteiger partial charge in [0.25, 0.3) is 5.91 Å². The van der Waals surface area contributed by atoms with Crippen LogP contribution in [0.4, 0.5) is 0 Å². The Bertz CT molecular complexity index is 588. The summed E-state index contributed by atoms with van der Waals surface area (Å²) < 4.78 is 0. The molecule has 0 N–H and O–H groups in total. The fourth-order valence-corrected chi connectivity index (χ4v) is 2.94. The van der Waals surface area contributed by atoms with Gasteiger partial charge in [-0.05, 0) is 24.0 Å². The van der Waals surface area contributed by atoms with Crippen molar-refractivity contribution in [1.29, 1.82) is 0 Å². The summed E-state index contributed by atoms with van der Waals surface area (Å²) in [5, 5.41) is 0. The lowest BCUT2D eigenvalue weighted by Gasteiger charge is -2.23. The highest BCUT2D eigenvalue weighted by molar-refractivity contribution is 7.98. The molecule has 0 spiro atoms. The number of thioether (sulfide) groups is 1. The lowest BCUT2D eigenvalue weighted by atomic mass is 10.1. The number of hydrogen-bond donors (Lipinski definition) is 0. The van der Waals surface area contributed by atoms with Crippen molar-refractivity contribution in [2.75, 3.05) is 18.7 Å². The Balaban J connectivity index is 2.23. The zero-order valence-electron chi connectivity index (χ0n) is 12.0. The molecule has 1 amide bonds. The van der Waals surface area contributed by atoms with Crippen molar-refractivity contribution >= 4 is 29.3 Å². The molecule has 0 aliphatic carbocycles. The molecule has 0 saturated heterocycles. The Morgan fingerprint density at radius 2 is 1.76 bits per heavy atom. The first kappa shape index (κ1) is 15.9. The Hall–Kier alpha value is -1.45. The monoisotopic (exact) mass is 319 g/mol. The first-order valence-electron chi connectivity index (χ1n) is 6.78. The Kier molecular flexibility index (Phi) is 6.15. The molecule has 0 heterocycles. The molecule has 4 heteroatoms. The van der Waals surface area contributed by atoms with Crippen LogP contribution in [0.15, 0.2) is 59.5 Å². The van der Waals surface area contributed by atoms with E-state index < -0.39 is 0 Å². The molecule has 0 aliphatic heterocycles. The van der Waals surface area contributed by atoms with Crippen molar-refractivity contribution in [1.82, 2.24) is 4.90 Å². The molecule has 0 aromatic heterocycles. The predicted molar refractivity (Wildman–Crippen MR) is 90.1 cm³/mol. The average molecular weight is 320 g/mol. The number of rotatable bonds is 6. The molecule has 2 rings (SSSR count). The van der Waals surface area contributed by atoms with Gasteiger partial charge in [0, 0.05) is 23.9 Å². The number of amides is 1. The van der Waals surface area contributed by atoms with Crippen molar-refractivity contribution in [3.8, 4) is 0 Å². The summed E-state index contributed by atoms with van der Waals surface area (Å²) in [6.45, 7) is 1.12. The number of alkyl halides is 1. The fourth-order valence-electron chi connectivity index (χ4n) is 2.15. The van der Waals surface area contributed by atoms with E-state index in [9.17, 15) is 4.79 Å². The number of benzene rings is 2. The van der Waals surface area contributed by atoms with Crippen LogP contribution in [0, 0.1) is 0 Å². The second-order valence-corrected chi connectivity index (χ2v) is 5.83. The van der Waals surface area contributed by atoms with Crippen LogP contribution in [0.25, 0.3) is 0 Å². The van der Waals surface area contributed by atoms with Crippen LogP contribution in [0.2, 0.25) is 0 Å². The maximum absolute atomic E-state index is 12.8. The van der Waals surface area contributed by atoms with Gasteiger partial charge in [-0.2, -0.15) is 0 Å². The lowest BCUT2D eigenvalue weighted by molar-refractivity contribution is 0.0750. The Labute approximate surface area is 135 Å². The predicted octanol–water partition coefficient (Wildman–Crippen LogP) is 4.29. The Morgan fingerprint density at radius 3 is 2.43 bits per heavy atom. The third-order valence-electron chi connectivity index (χ3n) is 3.20. The van der Waals surface area contributed by atoms with Crippen LogP contribution in [-0.4, -0.2) is 29.5 Å². The van der Waals surface area contributed by atoms with Crippen LogP contribution >= 0.6 is 23.4 Å². The second-order valence-electron chi connectivity index (χ2n) is 4.60. The van der Waals surface area contributed by atoms with E-state index in [0.717, 1.165) is 16.0 Å². The van der Waals surface area contributed by atoms with Gasteiger partial charge in [-0.3, -0.25) is 4.79 Å². The molecule has 2 nitrogen and oxygen atoms in total. The zero-order chi connectivity index (χ0) is 15.1. The molecule has 0 fully saturated rings. The third-order valence-corrected chi connectivity index (χ3v) is 4.16. The average Bonchev–Trinajstić information content (AvgIpc) is 2.54. The van der Waals surface area contributed by atoms with E-state index in [1.54, 1.807) is 16.7 Å². The SMILES string of the molecule is CSc1ccccc1C(=O)N(CCCl)Cc1ccccc1. The number of carbonyl (C=O) groups is 1. The maximum atomic E-state index is 12.8. The van der Waals surface area contributed by atoms with E-state index in [1.807, 2.05) is 60.9 Å². The maximum Gasteiger partial charge on any atom is 0.255 e. The minimum Gasteiger partial charge on any atom is -0.333 e. The van der Waals surface area contributed by atoms with Crippen molar-refractivity contribution < 1.29 is 4.79 Å². The number of carbonyl (C=O) groups excluding carboxylic acids is 1. The molecule has 0 unspecified atom stereocenters. The topological polar surface area (TPSA) is 20.3 Å². The molecular weight excluding hydrogens is 302 g/mol. The van der Waals surface area contributed by atoms with Crippen LogP contribution < -0.4 is 0 Å². The molecule has 0 aliphatic rings. The summed E-state index contributed by atoms with van der Waals surface area (Å²) in [5.74, 6) is 0.462. The summed E-state index contributed by atoms with van der Waals surface area (Å²) in [5.41, 5.74) is 1.85. The summed E-state index contributed by atoms with van der Waals surface area (Å²) in [7, 11) is 0. The third kappa shape index (κ3) is 4.26. The molecule has 0 saturated carbocycles. The minimum atomic E-state index is 0.0319. The van der Waals surface area contributed by atoms with Gasteiger partial charge in [0.2, 0.25) is 0 Å². The van der Waals surface area contributed by atoms with Crippen molar-refractivity contribution in [2.24, 2.45) is 0 Å². The quantitative estimate of drug-likeness (QED) is 0.585. The molecule has 0 bridgehead atoms. The second kappa shape index (κ2) is 8.11. The molecule has 0 radical (unpaired) electrons. The van der Waals surface area contributed by atoms with Gasteiger partial charge in [-0.25, -0.2) is 0 Å². The molecule has 2 aromatic rings. The van der Waals surface area contributed by atoms with Gasteiger partial charge in [-0.15, -0.1) is 23.4 Å². The van der Waals surface area contributed by atoms with E-state index in [4.69, 9.17) is 11.6 Å². The van der Waals surface area contributed by atoms with Crippen molar-refractivity contribution in [2.45, 2.75) is 11.4 Å². The van der Waals surface area contributed by atoms with E-state index in [1.165, 1.54) is 0 Å². The molecule has 21 heavy (non-hydrogen) atoms. The van der Waals surface area contributed by atoms with E-state index in [0.29, 0.717) is 19.0 Å². The van der Waals surface area contributed by atoms with Crippen LogP contribution in [0.5, 0.6) is 0 Å². The number of hydrogen-bond acceptors (Lipinski definition) is 2. The minimum absolute atomic E-state index is 0.0319. The fraction of sp³-hybridized carbons (Fsp3) is 0.235. The Morgan fingerprint density at radius 1 is 1.10 bits per heavy atom.